The molecule has 4 heteroatoms. The molecule has 19 heavy (non-hydrogen) atoms. The van der Waals surface area contributed by atoms with Gasteiger partial charge in [-0.15, -0.1) is 0 Å². The third-order valence-electron chi connectivity index (χ3n) is 3.07. The van der Waals surface area contributed by atoms with Crippen LogP contribution in [0.25, 0.3) is 0 Å². The van der Waals surface area contributed by atoms with Gasteiger partial charge in [-0.2, -0.15) is 0 Å². The number of aryl methyl sites for hydroxylation is 1. The molecule has 0 aliphatic heterocycles. The summed E-state index contributed by atoms with van der Waals surface area (Å²) in [4.78, 5) is 0. The van der Waals surface area contributed by atoms with E-state index in [-0.39, 0.29) is 6.04 Å². The van der Waals surface area contributed by atoms with E-state index in [1.807, 2.05) is 25.1 Å². The Morgan fingerprint density at radius 3 is 2.58 bits per heavy atom. The molecule has 0 aliphatic rings. The molecule has 1 unspecified atom stereocenters. The van der Waals surface area contributed by atoms with Gasteiger partial charge in [0.25, 0.3) is 0 Å². The summed E-state index contributed by atoms with van der Waals surface area (Å²) < 4.78 is 7.49. The van der Waals surface area contributed by atoms with Crippen LogP contribution in [-0.2, 0) is 0 Å². The molecule has 0 fully saturated rings. The first kappa shape index (κ1) is 14.8. The molecule has 2 N–H and O–H groups in total. The fraction of sp³-hybridized carbons (Fsp3) is 0.200. The fourth-order valence-electron chi connectivity index (χ4n) is 2.03. The first-order valence-corrected chi connectivity index (χ1v) is 7.75. The minimum atomic E-state index is -0.131. The van der Waals surface area contributed by atoms with Crippen LogP contribution in [0, 0.1) is 10.5 Å². The Kier molecular flexibility index (Phi) is 4.86. The molecule has 0 heterocycles. The number of rotatable bonds is 3. The zero-order valence-electron chi connectivity index (χ0n) is 10.8. The molecular formula is C15H15BrINO. The molecule has 0 spiro atoms. The van der Waals surface area contributed by atoms with E-state index in [4.69, 9.17) is 10.5 Å². The van der Waals surface area contributed by atoms with Gasteiger partial charge in [0.2, 0.25) is 0 Å². The van der Waals surface area contributed by atoms with E-state index in [0.29, 0.717) is 0 Å². The van der Waals surface area contributed by atoms with Gasteiger partial charge in [-0.05, 0) is 70.5 Å². The van der Waals surface area contributed by atoms with Crippen LogP contribution >= 0.6 is 38.5 Å². The van der Waals surface area contributed by atoms with Gasteiger partial charge in [0.15, 0.2) is 0 Å². The van der Waals surface area contributed by atoms with Crippen LogP contribution in [0.4, 0.5) is 0 Å². The molecule has 0 aromatic heterocycles. The third-order valence-corrected chi connectivity index (χ3v) is 4.55. The minimum absolute atomic E-state index is 0.131. The maximum absolute atomic E-state index is 6.38. The minimum Gasteiger partial charge on any atom is -0.496 e. The van der Waals surface area contributed by atoms with Crippen molar-refractivity contribution in [2.24, 2.45) is 5.73 Å². The lowest BCUT2D eigenvalue weighted by Gasteiger charge is -2.16. The number of nitrogens with two attached hydrogens (primary N) is 1. The van der Waals surface area contributed by atoms with Crippen LogP contribution in [0.15, 0.2) is 40.9 Å². The summed E-state index contributed by atoms with van der Waals surface area (Å²) in [6.07, 6.45) is 0. The summed E-state index contributed by atoms with van der Waals surface area (Å²) in [6, 6.07) is 12.1. The molecule has 0 bridgehead atoms. The van der Waals surface area contributed by atoms with E-state index in [0.717, 1.165) is 26.9 Å². The smallest absolute Gasteiger partial charge is 0.121 e. The number of methoxy groups -OCH3 is 1. The molecule has 0 saturated heterocycles. The quantitative estimate of drug-likeness (QED) is 0.730. The number of hydrogen-bond acceptors (Lipinski definition) is 2. The predicted octanol–water partition coefficient (Wildman–Crippen LogP) is 4.42. The summed E-state index contributed by atoms with van der Waals surface area (Å²) in [5.41, 5.74) is 9.69. The van der Waals surface area contributed by atoms with Gasteiger partial charge in [-0.3, -0.25) is 0 Å². The highest BCUT2D eigenvalue weighted by Gasteiger charge is 2.13. The van der Waals surface area contributed by atoms with Crippen molar-refractivity contribution in [3.05, 3.63) is 61.1 Å². The molecule has 2 aromatic carbocycles. The summed E-state index contributed by atoms with van der Waals surface area (Å²) in [5, 5.41) is 0. The monoisotopic (exact) mass is 431 g/mol. The molecular weight excluding hydrogens is 417 g/mol. The molecule has 0 aliphatic carbocycles. The van der Waals surface area contributed by atoms with Crippen LogP contribution in [0.5, 0.6) is 5.75 Å². The molecule has 1 atom stereocenters. The molecule has 2 rings (SSSR count). The van der Waals surface area contributed by atoms with E-state index < -0.39 is 0 Å². The topological polar surface area (TPSA) is 35.2 Å². The molecule has 0 radical (unpaired) electrons. The standard InChI is InChI=1S/C15H15BrINO/c1-9-7-10(3-6-14(9)19-2)15(18)12-8-11(16)4-5-13(12)17/h3-8,15H,18H2,1-2H3. The SMILES string of the molecule is COc1ccc(C(N)c2cc(Br)ccc2I)cc1C. The number of ether oxygens (including phenoxy) is 1. The first-order valence-electron chi connectivity index (χ1n) is 5.88. The largest absolute Gasteiger partial charge is 0.496 e. The number of hydrogen-bond donors (Lipinski definition) is 1. The van der Waals surface area contributed by atoms with E-state index in [2.05, 4.69) is 56.7 Å². The van der Waals surface area contributed by atoms with Crippen molar-refractivity contribution in [3.8, 4) is 5.75 Å². The third kappa shape index (κ3) is 3.30. The maximum Gasteiger partial charge on any atom is 0.121 e. The van der Waals surface area contributed by atoms with Crippen LogP contribution < -0.4 is 10.5 Å². The van der Waals surface area contributed by atoms with E-state index >= 15 is 0 Å². The summed E-state index contributed by atoms with van der Waals surface area (Å²) in [5.74, 6) is 0.889. The van der Waals surface area contributed by atoms with Crippen LogP contribution in [0.1, 0.15) is 22.7 Å². The Hall–Kier alpha value is -0.590. The van der Waals surface area contributed by atoms with Gasteiger partial charge in [0.05, 0.1) is 13.2 Å². The predicted molar refractivity (Wildman–Crippen MR) is 90.6 cm³/mol. The number of halogens is 2. The van der Waals surface area contributed by atoms with Crippen molar-refractivity contribution in [1.29, 1.82) is 0 Å². The van der Waals surface area contributed by atoms with Crippen molar-refractivity contribution in [1.82, 2.24) is 0 Å². The van der Waals surface area contributed by atoms with Gasteiger partial charge in [-0.25, -0.2) is 0 Å². The zero-order valence-corrected chi connectivity index (χ0v) is 14.5. The first-order chi connectivity index (χ1) is 9.02. The van der Waals surface area contributed by atoms with Gasteiger partial charge in [0.1, 0.15) is 5.75 Å². The summed E-state index contributed by atoms with van der Waals surface area (Å²) in [7, 11) is 1.68. The van der Waals surface area contributed by atoms with Crippen molar-refractivity contribution in [2.45, 2.75) is 13.0 Å². The Balaban J connectivity index is 2.41. The second-order valence-corrected chi connectivity index (χ2v) is 6.45. The molecule has 0 amide bonds. The van der Waals surface area contributed by atoms with Gasteiger partial charge >= 0.3 is 0 Å². The lowest BCUT2D eigenvalue weighted by molar-refractivity contribution is 0.411. The summed E-state index contributed by atoms with van der Waals surface area (Å²) in [6.45, 7) is 2.03. The van der Waals surface area contributed by atoms with Crippen molar-refractivity contribution >= 4 is 38.5 Å². The van der Waals surface area contributed by atoms with Crippen molar-refractivity contribution < 1.29 is 4.74 Å². The molecule has 100 valence electrons. The van der Waals surface area contributed by atoms with Crippen LogP contribution in [0.3, 0.4) is 0 Å². The highest BCUT2D eigenvalue weighted by atomic mass is 127. The Morgan fingerprint density at radius 1 is 1.21 bits per heavy atom. The highest BCUT2D eigenvalue weighted by Crippen LogP contribution is 2.29. The van der Waals surface area contributed by atoms with E-state index in [1.54, 1.807) is 7.11 Å². The highest BCUT2D eigenvalue weighted by molar-refractivity contribution is 14.1. The lowest BCUT2D eigenvalue weighted by atomic mass is 9.98. The van der Waals surface area contributed by atoms with Crippen LogP contribution in [0.2, 0.25) is 0 Å². The maximum atomic E-state index is 6.38. The Bertz CT molecular complexity index is 601. The Labute approximate surface area is 135 Å². The molecule has 2 nitrogen and oxygen atoms in total. The van der Waals surface area contributed by atoms with Crippen LogP contribution in [-0.4, -0.2) is 7.11 Å². The average Bonchev–Trinajstić information content (AvgIpc) is 2.40. The van der Waals surface area contributed by atoms with E-state index in [1.165, 1.54) is 3.57 Å². The normalized spacial score (nSPS) is 12.3. The lowest BCUT2D eigenvalue weighted by Crippen LogP contribution is -2.13. The average molecular weight is 432 g/mol. The van der Waals surface area contributed by atoms with Gasteiger partial charge < -0.3 is 10.5 Å². The fourth-order valence-corrected chi connectivity index (χ4v) is 3.08. The second-order valence-electron chi connectivity index (χ2n) is 4.37. The second kappa shape index (κ2) is 6.24. The van der Waals surface area contributed by atoms with Gasteiger partial charge in [-0.1, -0.05) is 28.1 Å². The molecule has 0 saturated carbocycles. The van der Waals surface area contributed by atoms with Crippen molar-refractivity contribution in [2.75, 3.05) is 7.11 Å². The zero-order chi connectivity index (χ0) is 14.0. The van der Waals surface area contributed by atoms with Gasteiger partial charge in [0, 0.05) is 8.04 Å². The van der Waals surface area contributed by atoms with E-state index in [9.17, 15) is 0 Å². The van der Waals surface area contributed by atoms with Crippen molar-refractivity contribution in [3.63, 3.8) is 0 Å². The Morgan fingerprint density at radius 2 is 1.95 bits per heavy atom. The summed E-state index contributed by atoms with van der Waals surface area (Å²) >= 11 is 5.81. The number of benzene rings is 2. The molecule has 2 aromatic rings.